The maximum Gasteiger partial charge on any atom is 0.00104 e. The van der Waals surface area contributed by atoms with Crippen molar-refractivity contribution in [3.63, 3.8) is 0 Å². The molecule has 12 heavy (non-hydrogen) atoms. The van der Waals surface area contributed by atoms with Crippen molar-refractivity contribution in [2.45, 2.75) is 53.5 Å². The third-order valence-corrected chi connectivity index (χ3v) is 2.39. The van der Waals surface area contributed by atoms with E-state index in [-0.39, 0.29) is 0 Å². The minimum atomic E-state index is 0.628. The van der Waals surface area contributed by atoms with Crippen molar-refractivity contribution < 1.29 is 0 Å². The summed E-state index contributed by atoms with van der Waals surface area (Å²) < 4.78 is 0. The summed E-state index contributed by atoms with van der Waals surface area (Å²) in [4.78, 5) is 0. The second-order valence-corrected chi connectivity index (χ2v) is 4.36. The second-order valence-electron chi connectivity index (χ2n) is 4.36. The Morgan fingerprint density at radius 3 is 2.00 bits per heavy atom. The summed E-state index contributed by atoms with van der Waals surface area (Å²) in [5, 5.41) is 3.51. The van der Waals surface area contributed by atoms with E-state index in [9.17, 15) is 0 Å². The molecule has 0 bridgehead atoms. The number of hydrogen-bond acceptors (Lipinski definition) is 1. The molecule has 0 aromatic heterocycles. The van der Waals surface area contributed by atoms with E-state index < -0.39 is 0 Å². The Kier molecular flexibility index (Phi) is 6.45. The molecule has 1 atom stereocenters. The van der Waals surface area contributed by atoms with Crippen LogP contribution in [0.25, 0.3) is 0 Å². The topological polar surface area (TPSA) is 12.0 Å². The van der Waals surface area contributed by atoms with Crippen LogP contribution in [0, 0.1) is 11.8 Å². The lowest BCUT2D eigenvalue weighted by Gasteiger charge is -2.22. The Morgan fingerprint density at radius 1 is 1.08 bits per heavy atom. The molecule has 0 rings (SSSR count). The highest BCUT2D eigenvalue weighted by Crippen LogP contribution is 2.15. The zero-order valence-electron chi connectivity index (χ0n) is 9.35. The van der Waals surface area contributed by atoms with E-state index in [4.69, 9.17) is 0 Å². The molecule has 0 saturated carbocycles. The van der Waals surface area contributed by atoms with Crippen molar-refractivity contribution in [1.29, 1.82) is 0 Å². The fourth-order valence-electron chi connectivity index (χ4n) is 1.43. The standard InChI is InChI=1S/C11H25N/c1-6-7-11(9(2)3)8-12-10(4)5/h9-12H,6-8H2,1-5H3. The van der Waals surface area contributed by atoms with Gasteiger partial charge in [-0.05, 0) is 24.8 Å². The SMILES string of the molecule is CCCC(CNC(C)C)C(C)C. The maximum atomic E-state index is 3.51. The summed E-state index contributed by atoms with van der Waals surface area (Å²) in [5.74, 6) is 1.67. The van der Waals surface area contributed by atoms with Gasteiger partial charge in [-0.15, -0.1) is 0 Å². The van der Waals surface area contributed by atoms with Gasteiger partial charge in [0.1, 0.15) is 0 Å². The highest BCUT2D eigenvalue weighted by molar-refractivity contribution is 4.66. The first-order valence-corrected chi connectivity index (χ1v) is 5.31. The molecule has 0 saturated heterocycles. The molecule has 0 aromatic carbocycles. The molecule has 0 aromatic rings. The van der Waals surface area contributed by atoms with E-state index >= 15 is 0 Å². The predicted molar refractivity (Wildman–Crippen MR) is 56.4 cm³/mol. The van der Waals surface area contributed by atoms with E-state index in [2.05, 4.69) is 39.9 Å². The summed E-state index contributed by atoms with van der Waals surface area (Å²) in [6.45, 7) is 12.5. The predicted octanol–water partition coefficient (Wildman–Crippen LogP) is 3.06. The van der Waals surface area contributed by atoms with Gasteiger partial charge >= 0.3 is 0 Å². The fourth-order valence-corrected chi connectivity index (χ4v) is 1.43. The van der Waals surface area contributed by atoms with Crippen molar-refractivity contribution in [3.05, 3.63) is 0 Å². The van der Waals surface area contributed by atoms with E-state index in [1.54, 1.807) is 0 Å². The zero-order valence-corrected chi connectivity index (χ0v) is 9.35. The van der Waals surface area contributed by atoms with E-state index in [1.807, 2.05) is 0 Å². The van der Waals surface area contributed by atoms with Crippen molar-refractivity contribution in [2.24, 2.45) is 11.8 Å². The molecular formula is C11H25N. The van der Waals surface area contributed by atoms with Gasteiger partial charge in [0, 0.05) is 6.04 Å². The van der Waals surface area contributed by atoms with Crippen molar-refractivity contribution in [1.82, 2.24) is 5.32 Å². The molecule has 1 unspecified atom stereocenters. The molecule has 0 fully saturated rings. The Morgan fingerprint density at radius 2 is 1.67 bits per heavy atom. The molecule has 0 aliphatic carbocycles. The van der Waals surface area contributed by atoms with Crippen molar-refractivity contribution in [3.8, 4) is 0 Å². The van der Waals surface area contributed by atoms with Crippen LogP contribution < -0.4 is 5.32 Å². The fraction of sp³-hybridized carbons (Fsp3) is 1.00. The average Bonchev–Trinajstić information content (AvgIpc) is 1.96. The largest absolute Gasteiger partial charge is 0.314 e. The van der Waals surface area contributed by atoms with Crippen molar-refractivity contribution in [2.75, 3.05) is 6.54 Å². The van der Waals surface area contributed by atoms with Crippen LogP contribution >= 0.6 is 0 Å². The van der Waals surface area contributed by atoms with Gasteiger partial charge < -0.3 is 5.32 Å². The Hall–Kier alpha value is -0.0400. The third-order valence-electron chi connectivity index (χ3n) is 2.39. The van der Waals surface area contributed by atoms with Gasteiger partial charge in [-0.2, -0.15) is 0 Å². The molecule has 1 N–H and O–H groups in total. The smallest absolute Gasteiger partial charge is 0.00104 e. The highest BCUT2D eigenvalue weighted by Gasteiger charge is 2.11. The summed E-state index contributed by atoms with van der Waals surface area (Å²) >= 11 is 0. The molecule has 74 valence electrons. The second kappa shape index (κ2) is 6.47. The maximum absolute atomic E-state index is 3.51. The van der Waals surface area contributed by atoms with Crippen molar-refractivity contribution >= 4 is 0 Å². The quantitative estimate of drug-likeness (QED) is 0.647. The van der Waals surface area contributed by atoms with Crippen LogP contribution in [-0.4, -0.2) is 12.6 Å². The van der Waals surface area contributed by atoms with Gasteiger partial charge in [-0.3, -0.25) is 0 Å². The molecule has 0 radical (unpaired) electrons. The first-order chi connectivity index (χ1) is 5.57. The first-order valence-electron chi connectivity index (χ1n) is 5.31. The number of nitrogens with one attached hydrogen (secondary N) is 1. The lowest BCUT2D eigenvalue weighted by Crippen LogP contribution is -2.31. The molecule has 0 heterocycles. The Balaban J connectivity index is 3.63. The lowest BCUT2D eigenvalue weighted by molar-refractivity contribution is 0.328. The molecule has 0 amide bonds. The van der Waals surface area contributed by atoms with Gasteiger partial charge in [0.2, 0.25) is 0 Å². The van der Waals surface area contributed by atoms with Crippen LogP contribution in [-0.2, 0) is 0 Å². The van der Waals surface area contributed by atoms with Gasteiger partial charge in [-0.1, -0.05) is 41.0 Å². The van der Waals surface area contributed by atoms with E-state index in [0.717, 1.165) is 11.8 Å². The van der Waals surface area contributed by atoms with Gasteiger partial charge in [0.25, 0.3) is 0 Å². The Labute approximate surface area is 77.9 Å². The molecular weight excluding hydrogens is 146 g/mol. The van der Waals surface area contributed by atoms with Gasteiger partial charge in [-0.25, -0.2) is 0 Å². The van der Waals surface area contributed by atoms with Crippen LogP contribution in [0.1, 0.15) is 47.5 Å². The Bertz CT molecular complexity index is 97.2. The van der Waals surface area contributed by atoms with Crippen LogP contribution in [0.4, 0.5) is 0 Å². The molecule has 0 spiro atoms. The van der Waals surface area contributed by atoms with Crippen LogP contribution in [0.15, 0.2) is 0 Å². The first kappa shape index (κ1) is 12.0. The normalized spacial score (nSPS) is 14.2. The summed E-state index contributed by atoms with van der Waals surface area (Å²) in [5.41, 5.74) is 0. The molecule has 1 nitrogen and oxygen atoms in total. The lowest BCUT2D eigenvalue weighted by atomic mass is 9.91. The number of hydrogen-bond donors (Lipinski definition) is 1. The highest BCUT2D eigenvalue weighted by atomic mass is 14.9. The van der Waals surface area contributed by atoms with Crippen LogP contribution in [0.2, 0.25) is 0 Å². The molecule has 1 heteroatoms. The molecule has 0 aliphatic heterocycles. The minimum Gasteiger partial charge on any atom is -0.314 e. The summed E-state index contributed by atoms with van der Waals surface area (Å²) in [7, 11) is 0. The number of rotatable bonds is 6. The summed E-state index contributed by atoms with van der Waals surface area (Å²) in [6, 6.07) is 0.628. The zero-order chi connectivity index (χ0) is 9.56. The monoisotopic (exact) mass is 171 g/mol. The third kappa shape index (κ3) is 5.59. The van der Waals surface area contributed by atoms with Gasteiger partial charge in [0.05, 0.1) is 0 Å². The van der Waals surface area contributed by atoms with Gasteiger partial charge in [0.15, 0.2) is 0 Å². The van der Waals surface area contributed by atoms with E-state index in [0.29, 0.717) is 6.04 Å². The molecule has 0 aliphatic rings. The minimum absolute atomic E-state index is 0.628. The van der Waals surface area contributed by atoms with Crippen LogP contribution in [0.5, 0.6) is 0 Å². The van der Waals surface area contributed by atoms with E-state index in [1.165, 1.54) is 19.4 Å². The van der Waals surface area contributed by atoms with Crippen LogP contribution in [0.3, 0.4) is 0 Å². The average molecular weight is 171 g/mol. The summed E-state index contributed by atoms with van der Waals surface area (Å²) in [6.07, 6.45) is 2.67.